The van der Waals surface area contributed by atoms with Crippen LogP contribution in [0.25, 0.3) is 0 Å². The van der Waals surface area contributed by atoms with Crippen LogP contribution in [0.1, 0.15) is 16.7 Å². The van der Waals surface area contributed by atoms with E-state index in [-0.39, 0.29) is 12.4 Å². The molecule has 2 aromatic rings. The highest BCUT2D eigenvalue weighted by molar-refractivity contribution is 9.10. The molecular formula is C15H15BrFNO. The average molecular weight is 324 g/mol. The number of aryl methyl sites for hydroxylation is 2. The third kappa shape index (κ3) is 3.26. The van der Waals surface area contributed by atoms with Gasteiger partial charge in [0.25, 0.3) is 0 Å². The van der Waals surface area contributed by atoms with Crippen LogP contribution in [0.2, 0.25) is 0 Å². The van der Waals surface area contributed by atoms with Crippen LogP contribution in [0.5, 0.6) is 5.75 Å². The molecule has 2 nitrogen and oxygen atoms in total. The van der Waals surface area contributed by atoms with E-state index in [1.165, 1.54) is 6.07 Å². The highest BCUT2D eigenvalue weighted by atomic mass is 79.9. The fourth-order valence-corrected chi connectivity index (χ4v) is 2.19. The minimum absolute atomic E-state index is 0.190. The van der Waals surface area contributed by atoms with E-state index in [4.69, 9.17) is 10.5 Å². The van der Waals surface area contributed by atoms with E-state index in [1.807, 2.05) is 26.0 Å². The Kier molecular flexibility index (Phi) is 4.10. The fraction of sp³-hybridized carbons (Fsp3) is 0.200. The SMILES string of the molecule is Cc1cc(OCc2cc(Br)ccc2F)c(C)cc1N. The Morgan fingerprint density at radius 2 is 1.89 bits per heavy atom. The number of nitrogen functional groups attached to an aromatic ring is 1. The van der Waals surface area contributed by atoms with Crippen molar-refractivity contribution in [2.75, 3.05) is 5.73 Å². The molecular weight excluding hydrogens is 309 g/mol. The maximum atomic E-state index is 13.6. The van der Waals surface area contributed by atoms with Crippen molar-refractivity contribution in [3.8, 4) is 5.75 Å². The monoisotopic (exact) mass is 323 g/mol. The molecule has 2 aromatic carbocycles. The van der Waals surface area contributed by atoms with Gasteiger partial charge in [0.05, 0.1) is 0 Å². The molecule has 0 heterocycles. The summed E-state index contributed by atoms with van der Waals surface area (Å²) in [5.74, 6) is 0.457. The van der Waals surface area contributed by atoms with Gasteiger partial charge in [0.2, 0.25) is 0 Å². The molecule has 0 bridgehead atoms. The lowest BCUT2D eigenvalue weighted by Gasteiger charge is -2.12. The van der Waals surface area contributed by atoms with E-state index in [9.17, 15) is 4.39 Å². The zero-order valence-electron chi connectivity index (χ0n) is 10.8. The molecule has 0 amide bonds. The van der Waals surface area contributed by atoms with Crippen molar-refractivity contribution in [2.45, 2.75) is 20.5 Å². The lowest BCUT2D eigenvalue weighted by molar-refractivity contribution is 0.297. The standard InChI is InChI=1S/C15H15BrFNO/c1-9-6-15(10(2)5-14(9)18)19-8-11-7-12(16)3-4-13(11)17/h3-7H,8,18H2,1-2H3. The van der Waals surface area contributed by atoms with Crippen LogP contribution >= 0.6 is 15.9 Å². The lowest BCUT2D eigenvalue weighted by Crippen LogP contribution is -2.01. The number of halogens is 2. The van der Waals surface area contributed by atoms with Crippen molar-refractivity contribution in [1.82, 2.24) is 0 Å². The number of ether oxygens (including phenoxy) is 1. The molecule has 0 saturated carbocycles. The van der Waals surface area contributed by atoms with Crippen LogP contribution in [0.15, 0.2) is 34.8 Å². The second-order valence-electron chi connectivity index (χ2n) is 4.50. The Labute approximate surface area is 120 Å². The van der Waals surface area contributed by atoms with Gasteiger partial charge < -0.3 is 10.5 Å². The summed E-state index contributed by atoms with van der Waals surface area (Å²) < 4.78 is 20.1. The van der Waals surface area contributed by atoms with Gasteiger partial charge >= 0.3 is 0 Å². The Hall–Kier alpha value is -1.55. The number of hydrogen-bond acceptors (Lipinski definition) is 2. The molecule has 2 rings (SSSR count). The van der Waals surface area contributed by atoms with Crippen molar-refractivity contribution in [3.05, 3.63) is 57.3 Å². The Bertz CT molecular complexity index is 613. The zero-order chi connectivity index (χ0) is 14.0. The summed E-state index contributed by atoms with van der Waals surface area (Å²) in [6.45, 7) is 4.03. The zero-order valence-corrected chi connectivity index (χ0v) is 12.4. The van der Waals surface area contributed by atoms with E-state index < -0.39 is 0 Å². The predicted molar refractivity (Wildman–Crippen MR) is 78.8 cm³/mol. The molecule has 0 aliphatic carbocycles. The number of benzene rings is 2. The molecule has 4 heteroatoms. The molecule has 0 saturated heterocycles. The summed E-state index contributed by atoms with van der Waals surface area (Å²) in [6, 6.07) is 8.54. The van der Waals surface area contributed by atoms with E-state index in [2.05, 4.69) is 15.9 Å². The van der Waals surface area contributed by atoms with Crippen LogP contribution in [-0.2, 0) is 6.61 Å². The minimum Gasteiger partial charge on any atom is -0.489 e. The van der Waals surface area contributed by atoms with Crippen LogP contribution in [0.3, 0.4) is 0 Å². The first-order chi connectivity index (χ1) is 8.97. The van der Waals surface area contributed by atoms with Gasteiger partial charge in [-0.25, -0.2) is 4.39 Å². The minimum atomic E-state index is -0.270. The molecule has 0 spiro atoms. The van der Waals surface area contributed by atoms with E-state index in [0.29, 0.717) is 5.56 Å². The maximum absolute atomic E-state index is 13.6. The van der Waals surface area contributed by atoms with Crippen LogP contribution < -0.4 is 10.5 Å². The van der Waals surface area contributed by atoms with Crippen LogP contribution in [-0.4, -0.2) is 0 Å². The van der Waals surface area contributed by atoms with Gasteiger partial charge in [-0.1, -0.05) is 15.9 Å². The summed E-state index contributed by atoms with van der Waals surface area (Å²) in [7, 11) is 0. The Morgan fingerprint density at radius 1 is 1.16 bits per heavy atom. The Balaban J connectivity index is 2.19. The number of anilines is 1. The largest absolute Gasteiger partial charge is 0.489 e. The average Bonchev–Trinajstić information content (AvgIpc) is 2.36. The van der Waals surface area contributed by atoms with Gasteiger partial charge in [-0.15, -0.1) is 0 Å². The molecule has 0 aliphatic heterocycles. The third-order valence-corrected chi connectivity index (χ3v) is 3.45. The quantitative estimate of drug-likeness (QED) is 0.851. The van der Waals surface area contributed by atoms with E-state index in [1.54, 1.807) is 12.1 Å². The molecule has 2 N–H and O–H groups in total. The topological polar surface area (TPSA) is 35.2 Å². The van der Waals surface area contributed by atoms with Gasteiger partial charge in [0.1, 0.15) is 18.2 Å². The molecule has 0 fully saturated rings. The first-order valence-corrected chi connectivity index (χ1v) is 6.70. The summed E-state index contributed by atoms with van der Waals surface area (Å²) >= 11 is 3.32. The van der Waals surface area contributed by atoms with Crippen molar-refractivity contribution < 1.29 is 9.13 Å². The molecule has 0 aliphatic rings. The number of rotatable bonds is 3. The van der Waals surface area contributed by atoms with Crippen molar-refractivity contribution >= 4 is 21.6 Å². The fourth-order valence-electron chi connectivity index (χ4n) is 1.78. The van der Waals surface area contributed by atoms with Crippen LogP contribution in [0.4, 0.5) is 10.1 Å². The third-order valence-electron chi connectivity index (χ3n) is 2.95. The maximum Gasteiger partial charge on any atom is 0.129 e. The summed E-state index contributed by atoms with van der Waals surface area (Å²) in [6.07, 6.45) is 0. The molecule has 0 radical (unpaired) electrons. The van der Waals surface area contributed by atoms with Gasteiger partial charge in [-0.3, -0.25) is 0 Å². The van der Waals surface area contributed by atoms with Gasteiger partial charge in [-0.2, -0.15) is 0 Å². The highest BCUT2D eigenvalue weighted by Gasteiger charge is 2.07. The molecule has 100 valence electrons. The molecule has 0 aromatic heterocycles. The first kappa shape index (κ1) is 13.9. The van der Waals surface area contributed by atoms with Gasteiger partial charge in [0.15, 0.2) is 0 Å². The van der Waals surface area contributed by atoms with Crippen molar-refractivity contribution in [3.63, 3.8) is 0 Å². The smallest absolute Gasteiger partial charge is 0.129 e. The Morgan fingerprint density at radius 3 is 2.63 bits per heavy atom. The molecule has 0 atom stereocenters. The first-order valence-electron chi connectivity index (χ1n) is 5.91. The van der Waals surface area contributed by atoms with Crippen LogP contribution in [0, 0.1) is 19.7 Å². The highest BCUT2D eigenvalue weighted by Crippen LogP contribution is 2.25. The van der Waals surface area contributed by atoms with Crippen molar-refractivity contribution in [2.24, 2.45) is 0 Å². The van der Waals surface area contributed by atoms with Gasteiger partial charge in [-0.05, 0) is 55.3 Å². The molecule has 19 heavy (non-hydrogen) atoms. The number of hydrogen-bond donors (Lipinski definition) is 1. The summed E-state index contributed by atoms with van der Waals surface area (Å²) in [5.41, 5.74) is 8.97. The van der Waals surface area contributed by atoms with E-state index in [0.717, 1.165) is 27.0 Å². The van der Waals surface area contributed by atoms with Gasteiger partial charge in [0, 0.05) is 15.7 Å². The second-order valence-corrected chi connectivity index (χ2v) is 5.41. The normalized spacial score (nSPS) is 10.5. The predicted octanol–water partition coefficient (Wildman–Crippen LogP) is 4.37. The summed E-state index contributed by atoms with van der Waals surface area (Å²) in [4.78, 5) is 0. The summed E-state index contributed by atoms with van der Waals surface area (Å²) in [5, 5.41) is 0. The molecule has 0 unspecified atom stereocenters. The number of nitrogens with two attached hydrogens (primary N) is 1. The van der Waals surface area contributed by atoms with E-state index >= 15 is 0 Å². The second kappa shape index (κ2) is 5.61. The lowest BCUT2D eigenvalue weighted by atomic mass is 10.1. The van der Waals surface area contributed by atoms with Crippen molar-refractivity contribution in [1.29, 1.82) is 0 Å².